The third-order valence-electron chi connectivity index (χ3n) is 3.81. The van der Waals surface area contributed by atoms with Crippen molar-refractivity contribution in [3.05, 3.63) is 47.5 Å². The van der Waals surface area contributed by atoms with Crippen LogP contribution >= 0.6 is 0 Å². The lowest BCUT2D eigenvalue weighted by atomic mass is 10.1. The first-order chi connectivity index (χ1) is 12.6. The molecule has 0 radical (unpaired) electrons. The van der Waals surface area contributed by atoms with Gasteiger partial charge in [0, 0.05) is 17.9 Å². The van der Waals surface area contributed by atoms with Crippen LogP contribution in [-0.4, -0.2) is 45.1 Å². The number of fused-ring (bicyclic) bond motifs is 1. The molecule has 1 N–H and O–H groups in total. The van der Waals surface area contributed by atoms with E-state index in [1.54, 1.807) is 13.0 Å². The van der Waals surface area contributed by atoms with E-state index in [1.807, 2.05) is 0 Å². The van der Waals surface area contributed by atoms with Gasteiger partial charge in [0.1, 0.15) is 11.5 Å². The number of hydrogen-bond acceptors (Lipinski definition) is 6. The molecule has 0 aliphatic carbocycles. The molecule has 0 spiro atoms. The predicted octanol–water partition coefficient (Wildman–Crippen LogP) is 1.87. The number of halogens is 1. The molecule has 11 heteroatoms. The van der Waals surface area contributed by atoms with Crippen LogP contribution in [-0.2, 0) is 10.0 Å². The number of hydrogen-bond donors (Lipinski definition) is 1. The molecule has 2 heterocycles. The Labute approximate surface area is 154 Å². The van der Waals surface area contributed by atoms with Crippen molar-refractivity contribution in [2.45, 2.75) is 32.0 Å². The van der Waals surface area contributed by atoms with Gasteiger partial charge >= 0.3 is 16.0 Å². The first-order valence-electron chi connectivity index (χ1n) is 7.89. The van der Waals surface area contributed by atoms with E-state index in [0.29, 0.717) is 10.00 Å². The lowest BCUT2D eigenvalue weighted by molar-refractivity contribution is 0.0697. The minimum Gasteiger partial charge on any atom is -0.478 e. The van der Waals surface area contributed by atoms with Gasteiger partial charge in [-0.05, 0) is 39.0 Å². The fourth-order valence-electron chi connectivity index (χ4n) is 2.65. The van der Waals surface area contributed by atoms with Crippen LogP contribution in [0.15, 0.2) is 35.6 Å². The molecule has 9 nitrogen and oxygen atoms in total. The maximum absolute atomic E-state index is 14.5. The molecule has 0 atom stereocenters. The number of carboxylic acid groups (broad SMARTS) is 1. The molecule has 0 amide bonds. The molecule has 2 aromatic heterocycles. The highest BCUT2D eigenvalue weighted by Gasteiger charge is 2.36. The zero-order chi connectivity index (χ0) is 19.9. The zero-order valence-electron chi connectivity index (χ0n) is 14.7. The second kappa shape index (κ2) is 6.58. The van der Waals surface area contributed by atoms with Gasteiger partial charge in [0.15, 0.2) is 0 Å². The number of aromatic nitrogens is 4. The zero-order valence-corrected chi connectivity index (χ0v) is 15.5. The highest BCUT2D eigenvalue weighted by molar-refractivity contribution is 7.92. The molecule has 1 aromatic carbocycles. The van der Waals surface area contributed by atoms with Gasteiger partial charge in [0.25, 0.3) is 10.9 Å². The molecular formula is C16H16FN5O4S. The van der Waals surface area contributed by atoms with E-state index in [2.05, 4.69) is 15.1 Å². The van der Waals surface area contributed by atoms with Gasteiger partial charge < -0.3 is 5.11 Å². The Morgan fingerprint density at radius 3 is 2.59 bits per heavy atom. The normalized spacial score (nSPS) is 11.9. The van der Waals surface area contributed by atoms with E-state index in [4.69, 9.17) is 0 Å². The Morgan fingerprint density at radius 2 is 2.00 bits per heavy atom. The van der Waals surface area contributed by atoms with Gasteiger partial charge in [0.05, 0.1) is 5.56 Å². The molecule has 0 saturated heterocycles. The van der Waals surface area contributed by atoms with E-state index < -0.39 is 44.3 Å². The minimum atomic E-state index is -4.46. The van der Waals surface area contributed by atoms with Crippen molar-refractivity contribution in [2.24, 2.45) is 0 Å². The number of rotatable bonds is 5. The van der Waals surface area contributed by atoms with Gasteiger partial charge in [-0.1, -0.05) is 6.07 Å². The second-order valence-corrected chi connectivity index (χ2v) is 7.74. The summed E-state index contributed by atoms with van der Waals surface area (Å²) >= 11 is 0. The van der Waals surface area contributed by atoms with Crippen LogP contribution in [0.2, 0.25) is 0 Å². The Balaban J connectivity index is 2.26. The molecule has 0 fully saturated rings. The Kier molecular flexibility index (Phi) is 4.56. The Morgan fingerprint density at radius 1 is 1.30 bits per heavy atom. The van der Waals surface area contributed by atoms with Gasteiger partial charge in [-0.3, -0.25) is 4.31 Å². The summed E-state index contributed by atoms with van der Waals surface area (Å²) in [5.41, 5.74) is -0.448. The summed E-state index contributed by atoms with van der Waals surface area (Å²) in [7, 11) is -4.46. The van der Waals surface area contributed by atoms with Crippen LogP contribution in [0.25, 0.3) is 5.78 Å². The van der Waals surface area contributed by atoms with Crippen LogP contribution in [0.1, 0.15) is 29.9 Å². The van der Waals surface area contributed by atoms with E-state index in [-0.39, 0.29) is 5.78 Å². The second-order valence-electron chi connectivity index (χ2n) is 6.03. The van der Waals surface area contributed by atoms with Crippen LogP contribution < -0.4 is 4.31 Å². The highest BCUT2D eigenvalue weighted by Crippen LogP contribution is 2.31. The maximum Gasteiger partial charge on any atom is 0.337 e. The van der Waals surface area contributed by atoms with Crippen LogP contribution in [0.5, 0.6) is 0 Å². The number of para-hydroxylation sites is 1. The van der Waals surface area contributed by atoms with Gasteiger partial charge in [-0.25, -0.2) is 18.7 Å². The molecule has 3 rings (SSSR count). The monoisotopic (exact) mass is 393 g/mol. The fourth-order valence-corrected chi connectivity index (χ4v) is 4.19. The fraction of sp³-hybridized carbons (Fsp3) is 0.250. The number of aryl methyl sites for hydroxylation is 1. The SMILES string of the molecule is Cc1ccnc2nc(S(=O)(=O)N(c3c(F)cccc3C(=O)O)C(C)C)nn12. The maximum atomic E-state index is 14.5. The average Bonchev–Trinajstić information content (AvgIpc) is 3.02. The Hall–Kier alpha value is -3.08. The van der Waals surface area contributed by atoms with Crippen LogP contribution in [0.3, 0.4) is 0 Å². The minimum absolute atomic E-state index is 0.0595. The van der Waals surface area contributed by atoms with Crippen molar-refractivity contribution in [3.63, 3.8) is 0 Å². The van der Waals surface area contributed by atoms with Crippen molar-refractivity contribution in [3.8, 4) is 0 Å². The number of aromatic carboxylic acids is 1. The third kappa shape index (κ3) is 3.10. The van der Waals surface area contributed by atoms with Crippen molar-refractivity contribution in [2.75, 3.05) is 4.31 Å². The lowest BCUT2D eigenvalue weighted by Gasteiger charge is -2.28. The molecular weight excluding hydrogens is 377 g/mol. The average molecular weight is 393 g/mol. The molecule has 0 saturated carbocycles. The number of nitrogens with zero attached hydrogens (tertiary/aromatic N) is 5. The predicted molar refractivity (Wildman–Crippen MR) is 93.7 cm³/mol. The van der Waals surface area contributed by atoms with Crippen molar-refractivity contribution < 1.29 is 22.7 Å². The van der Waals surface area contributed by atoms with E-state index in [1.165, 1.54) is 30.6 Å². The third-order valence-corrected chi connectivity index (χ3v) is 5.56. The summed E-state index contributed by atoms with van der Waals surface area (Å²) in [6.45, 7) is 4.68. The van der Waals surface area contributed by atoms with E-state index in [0.717, 1.165) is 12.1 Å². The smallest absolute Gasteiger partial charge is 0.337 e. The summed E-state index contributed by atoms with van der Waals surface area (Å²) in [6, 6.07) is 4.15. The molecule has 142 valence electrons. The summed E-state index contributed by atoms with van der Waals surface area (Å²) in [6.07, 6.45) is 1.45. The van der Waals surface area contributed by atoms with E-state index in [9.17, 15) is 22.7 Å². The first kappa shape index (κ1) is 18.7. The van der Waals surface area contributed by atoms with Crippen molar-refractivity contribution in [1.29, 1.82) is 0 Å². The summed E-state index contributed by atoms with van der Waals surface area (Å²) in [5, 5.41) is 12.7. The number of carbonyl (C=O) groups is 1. The van der Waals surface area contributed by atoms with Crippen LogP contribution in [0, 0.1) is 12.7 Å². The standard InChI is InChI=1S/C16H16FN5O4S/c1-9(2)22(13-11(14(23)24)5-4-6-12(13)17)27(25,26)16-19-15-18-8-7-10(3)21(15)20-16/h4-9H,1-3H3,(H,23,24). The Bertz CT molecular complexity index is 1140. The summed E-state index contributed by atoms with van der Waals surface area (Å²) in [4.78, 5) is 19.4. The largest absolute Gasteiger partial charge is 0.478 e. The molecule has 27 heavy (non-hydrogen) atoms. The number of carboxylic acids is 1. The van der Waals surface area contributed by atoms with Gasteiger partial charge in [-0.2, -0.15) is 13.4 Å². The summed E-state index contributed by atoms with van der Waals surface area (Å²) < 4.78 is 42.8. The quantitative estimate of drug-likeness (QED) is 0.703. The van der Waals surface area contributed by atoms with E-state index >= 15 is 0 Å². The van der Waals surface area contributed by atoms with Gasteiger partial charge in [-0.15, -0.1) is 5.10 Å². The van der Waals surface area contributed by atoms with Crippen molar-refractivity contribution in [1.82, 2.24) is 19.6 Å². The lowest BCUT2D eigenvalue weighted by Crippen LogP contribution is -2.39. The summed E-state index contributed by atoms with van der Waals surface area (Å²) in [5.74, 6) is -2.37. The van der Waals surface area contributed by atoms with Crippen LogP contribution in [0.4, 0.5) is 10.1 Å². The molecule has 0 aliphatic heterocycles. The molecule has 3 aromatic rings. The number of sulfonamides is 1. The molecule has 0 bridgehead atoms. The molecule has 0 aliphatic rings. The molecule has 0 unspecified atom stereocenters. The number of benzene rings is 1. The topological polar surface area (TPSA) is 118 Å². The van der Waals surface area contributed by atoms with Gasteiger partial charge in [0.2, 0.25) is 0 Å². The number of anilines is 1. The van der Waals surface area contributed by atoms with Crippen molar-refractivity contribution >= 4 is 27.5 Å². The first-order valence-corrected chi connectivity index (χ1v) is 9.33. The highest BCUT2D eigenvalue weighted by atomic mass is 32.2.